The van der Waals surface area contributed by atoms with Crippen molar-refractivity contribution < 1.29 is 0 Å². The molecule has 0 fully saturated rings. The van der Waals surface area contributed by atoms with Crippen LogP contribution in [0.1, 0.15) is 12.1 Å². The number of fused-ring (bicyclic) bond motifs is 1. The largest absolute Gasteiger partial charge is 0.357 e. The van der Waals surface area contributed by atoms with Crippen LogP contribution in [0.15, 0.2) is 30.6 Å². The number of pyridine rings is 1. The lowest BCUT2D eigenvalue weighted by atomic mass is 10.1. The van der Waals surface area contributed by atoms with Crippen molar-refractivity contribution in [2.45, 2.75) is 6.42 Å². The van der Waals surface area contributed by atoms with E-state index in [4.69, 9.17) is 5.41 Å². The third-order valence-corrected chi connectivity index (χ3v) is 1.80. The zero-order valence-corrected chi connectivity index (χ0v) is 6.59. The van der Waals surface area contributed by atoms with Gasteiger partial charge in [-0.1, -0.05) is 6.58 Å². The van der Waals surface area contributed by atoms with Crippen molar-refractivity contribution in [1.82, 2.24) is 4.98 Å². The van der Waals surface area contributed by atoms with E-state index in [2.05, 4.69) is 16.9 Å². The number of hydrogen-bond acceptors (Lipinski definition) is 3. The van der Waals surface area contributed by atoms with Gasteiger partial charge in [-0.2, -0.15) is 0 Å². The van der Waals surface area contributed by atoms with Gasteiger partial charge in [0, 0.05) is 18.3 Å². The fraction of sp³-hybridized carbons (Fsp3) is 0.111. The van der Waals surface area contributed by atoms with Gasteiger partial charge in [0.15, 0.2) is 0 Å². The molecule has 0 saturated heterocycles. The minimum atomic E-state index is 0.536. The molecule has 1 aromatic heterocycles. The number of hydrogen-bond donors (Lipinski definition) is 2. The summed E-state index contributed by atoms with van der Waals surface area (Å²) in [6.07, 6.45) is 2.27. The molecule has 0 bridgehead atoms. The Morgan fingerprint density at radius 1 is 1.58 bits per heavy atom. The van der Waals surface area contributed by atoms with Gasteiger partial charge in [-0.3, -0.25) is 4.98 Å². The highest BCUT2D eigenvalue weighted by atomic mass is 14.9. The molecule has 0 atom stereocenters. The Bertz CT molecular complexity index is 355. The van der Waals surface area contributed by atoms with Crippen molar-refractivity contribution in [2.75, 3.05) is 5.32 Å². The van der Waals surface area contributed by atoms with Crippen LogP contribution in [0.4, 0.5) is 5.69 Å². The molecule has 2 rings (SSSR count). The molecule has 12 heavy (non-hydrogen) atoms. The smallest absolute Gasteiger partial charge is 0.108 e. The highest BCUT2D eigenvalue weighted by Gasteiger charge is 2.15. The number of aromatic nitrogens is 1. The molecule has 3 heteroatoms. The van der Waals surface area contributed by atoms with E-state index >= 15 is 0 Å². The Morgan fingerprint density at radius 3 is 3.25 bits per heavy atom. The zero-order valence-electron chi connectivity index (χ0n) is 6.59. The van der Waals surface area contributed by atoms with Gasteiger partial charge in [-0.25, -0.2) is 0 Å². The average Bonchev–Trinajstić information content (AvgIpc) is 2.04. The van der Waals surface area contributed by atoms with Gasteiger partial charge in [0.1, 0.15) is 5.69 Å². The van der Waals surface area contributed by atoms with E-state index in [9.17, 15) is 0 Å². The quantitative estimate of drug-likeness (QED) is 0.606. The topological polar surface area (TPSA) is 48.8 Å². The first-order chi connectivity index (χ1) is 5.77. The standard InChI is InChI=1S/C9H9N3/c1-6-5-7(10)9-8(12-6)3-2-4-11-9/h2-4,10,12H,1,5H2. The van der Waals surface area contributed by atoms with E-state index in [-0.39, 0.29) is 0 Å². The van der Waals surface area contributed by atoms with Gasteiger partial charge in [0.2, 0.25) is 0 Å². The van der Waals surface area contributed by atoms with E-state index < -0.39 is 0 Å². The molecule has 0 aliphatic carbocycles. The van der Waals surface area contributed by atoms with Crippen LogP contribution < -0.4 is 5.32 Å². The minimum absolute atomic E-state index is 0.536. The number of nitrogens with zero attached hydrogens (tertiary/aromatic N) is 1. The summed E-state index contributed by atoms with van der Waals surface area (Å²) in [6, 6.07) is 3.75. The monoisotopic (exact) mass is 159 g/mol. The molecule has 0 spiro atoms. The summed E-state index contributed by atoms with van der Waals surface area (Å²) < 4.78 is 0. The summed E-state index contributed by atoms with van der Waals surface area (Å²) in [5.74, 6) is 0. The third kappa shape index (κ3) is 0.993. The van der Waals surface area contributed by atoms with Gasteiger partial charge in [-0.15, -0.1) is 0 Å². The lowest BCUT2D eigenvalue weighted by Gasteiger charge is -2.18. The second-order valence-corrected chi connectivity index (χ2v) is 2.78. The molecular weight excluding hydrogens is 150 g/mol. The number of anilines is 1. The maximum absolute atomic E-state index is 7.64. The average molecular weight is 159 g/mol. The summed E-state index contributed by atoms with van der Waals surface area (Å²) in [5.41, 5.74) is 3.03. The first kappa shape index (κ1) is 7.03. The molecule has 3 nitrogen and oxygen atoms in total. The normalized spacial score (nSPS) is 15.3. The Morgan fingerprint density at radius 2 is 2.42 bits per heavy atom. The predicted molar refractivity (Wildman–Crippen MR) is 48.4 cm³/mol. The van der Waals surface area contributed by atoms with E-state index in [0.29, 0.717) is 12.1 Å². The molecule has 0 amide bonds. The van der Waals surface area contributed by atoms with Gasteiger partial charge >= 0.3 is 0 Å². The number of nitrogens with one attached hydrogen (secondary N) is 2. The van der Waals surface area contributed by atoms with Gasteiger partial charge < -0.3 is 10.7 Å². The fourth-order valence-electron chi connectivity index (χ4n) is 1.28. The summed E-state index contributed by atoms with van der Waals surface area (Å²) in [7, 11) is 0. The SMILES string of the molecule is C=C1CC(=N)c2ncccc2N1. The van der Waals surface area contributed by atoms with Crippen LogP contribution >= 0.6 is 0 Å². The van der Waals surface area contributed by atoms with Crippen LogP contribution in [0.3, 0.4) is 0 Å². The molecule has 1 aliphatic rings. The molecule has 0 saturated carbocycles. The van der Waals surface area contributed by atoms with Crippen molar-refractivity contribution in [1.29, 1.82) is 5.41 Å². The fourth-order valence-corrected chi connectivity index (χ4v) is 1.28. The van der Waals surface area contributed by atoms with E-state index in [1.807, 2.05) is 12.1 Å². The lowest BCUT2D eigenvalue weighted by molar-refractivity contribution is 1.14. The third-order valence-electron chi connectivity index (χ3n) is 1.80. The van der Waals surface area contributed by atoms with E-state index in [1.165, 1.54) is 0 Å². The first-order valence-electron chi connectivity index (χ1n) is 3.75. The molecule has 60 valence electrons. The molecular formula is C9H9N3. The van der Waals surface area contributed by atoms with Crippen LogP contribution in [0, 0.1) is 5.41 Å². The van der Waals surface area contributed by atoms with E-state index in [0.717, 1.165) is 17.1 Å². The summed E-state index contributed by atoms with van der Waals surface area (Å²) in [5, 5.41) is 10.7. The second kappa shape index (κ2) is 2.44. The minimum Gasteiger partial charge on any atom is -0.357 e. The highest BCUT2D eigenvalue weighted by Crippen LogP contribution is 2.22. The molecule has 0 unspecified atom stereocenters. The lowest BCUT2D eigenvalue weighted by Crippen LogP contribution is -2.16. The molecule has 0 radical (unpaired) electrons. The predicted octanol–water partition coefficient (Wildman–Crippen LogP) is 1.78. The zero-order chi connectivity index (χ0) is 8.55. The van der Waals surface area contributed by atoms with Crippen molar-refractivity contribution in [2.24, 2.45) is 0 Å². The Balaban J connectivity index is 2.54. The summed E-state index contributed by atoms with van der Waals surface area (Å²) in [6.45, 7) is 3.78. The molecule has 0 aromatic carbocycles. The Hall–Kier alpha value is -1.64. The van der Waals surface area contributed by atoms with Crippen LogP contribution in [-0.2, 0) is 0 Å². The van der Waals surface area contributed by atoms with Crippen molar-refractivity contribution in [3.8, 4) is 0 Å². The summed E-state index contributed by atoms with van der Waals surface area (Å²) >= 11 is 0. The second-order valence-electron chi connectivity index (χ2n) is 2.78. The number of rotatable bonds is 0. The van der Waals surface area contributed by atoms with Gasteiger partial charge in [0.25, 0.3) is 0 Å². The Kier molecular flexibility index (Phi) is 1.43. The molecule has 2 N–H and O–H groups in total. The molecule has 2 heterocycles. The van der Waals surface area contributed by atoms with E-state index in [1.54, 1.807) is 6.20 Å². The highest BCUT2D eigenvalue weighted by molar-refractivity contribution is 6.04. The van der Waals surface area contributed by atoms with Crippen LogP contribution in [-0.4, -0.2) is 10.7 Å². The summed E-state index contributed by atoms with van der Waals surface area (Å²) in [4.78, 5) is 4.11. The van der Waals surface area contributed by atoms with Crippen molar-refractivity contribution >= 4 is 11.4 Å². The van der Waals surface area contributed by atoms with Crippen LogP contribution in [0.2, 0.25) is 0 Å². The van der Waals surface area contributed by atoms with Gasteiger partial charge in [-0.05, 0) is 12.1 Å². The molecule has 1 aromatic rings. The van der Waals surface area contributed by atoms with Crippen molar-refractivity contribution in [3.63, 3.8) is 0 Å². The first-order valence-corrected chi connectivity index (χ1v) is 3.75. The van der Waals surface area contributed by atoms with Gasteiger partial charge in [0.05, 0.1) is 11.4 Å². The van der Waals surface area contributed by atoms with Crippen LogP contribution in [0.25, 0.3) is 0 Å². The van der Waals surface area contributed by atoms with Crippen molar-refractivity contribution in [3.05, 3.63) is 36.3 Å². The number of allylic oxidation sites excluding steroid dienone is 1. The maximum atomic E-state index is 7.64. The molecule has 1 aliphatic heterocycles. The Labute approximate surface area is 70.7 Å². The maximum Gasteiger partial charge on any atom is 0.108 e. The van der Waals surface area contributed by atoms with Crippen LogP contribution in [0.5, 0.6) is 0 Å².